The van der Waals surface area contributed by atoms with Gasteiger partial charge in [-0.2, -0.15) is 0 Å². The van der Waals surface area contributed by atoms with Gasteiger partial charge in [-0.15, -0.1) is 0 Å². The van der Waals surface area contributed by atoms with Crippen molar-refractivity contribution in [3.05, 3.63) is 64.1 Å². The Kier molecular flexibility index (Phi) is 7.66. The number of hydrogen-bond donors (Lipinski definition) is 1. The molecule has 138 valence electrons. The quantitative estimate of drug-likeness (QED) is 0.660. The zero-order valence-electron chi connectivity index (χ0n) is 14.8. The predicted molar refractivity (Wildman–Crippen MR) is 103 cm³/mol. The van der Waals surface area contributed by atoms with Crippen molar-refractivity contribution in [2.75, 3.05) is 13.7 Å². The van der Waals surface area contributed by atoms with Gasteiger partial charge < -0.3 is 14.8 Å². The fourth-order valence-electron chi connectivity index (χ4n) is 2.44. The minimum Gasteiger partial charge on any atom is -0.497 e. The second-order valence-electron chi connectivity index (χ2n) is 5.82. The van der Waals surface area contributed by atoms with E-state index in [1.165, 1.54) is 0 Å². The van der Waals surface area contributed by atoms with Crippen molar-refractivity contribution in [1.29, 1.82) is 0 Å². The number of ether oxygens (including phenoxy) is 2. The molecule has 0 aromatic heterocycles. The van der Waals surface area contributed by atoms with E-state index in [0.717, 1.165) is 21.3 Å². The van der Waals surface area contributed by atoms with E-state index in [9.17, 15) is 9.59 Å². The van der Waals surface area contributed by atoms with Gasteiger partial charge in [-0.3, -0.25) is 9.59 Å². The molecule has 1 atom stereocenters. The number of rotatable bonds is 8. The van der Waals surface area contributed by atoms with Gasteiger partial charge in [-0.25, -0.2) is 0 Å². The molecule has 1 amide bonds. The van der Waals surface area contributed by atoms with E-state index in [1.807, 2.05) is 55.5 Å². The normalized spacial score (nSPS) is 11.5. The average Bonchev–Trinajstić information content (AvgIpc) is 2.65. The van der Waals surface area contributed by atoms with Gasteiger partial charge in [0, 0.05) is 10.9 Å². The van der Waals surface area contributed by atoms with Crippen LogP contribution < -0.4 is 10.1 Å². The largest absolute Gasteiger partial charge is 0.497 e. The Morgan fingerprint density at radius 2 is 1.81 bits per heavy atom. The van der Waals surface area contributed by atoms with Crippen LogP contribution in [0.25, 0.3) is 0 Å². The average molecular weight is 420 g/mol. The van der Waals surface area contributed by atoms with Crippen molar-refractivity contribution in [2.45, 2.75) is 25.8 Å². The topological polar surface area (TPSA) is 64.6 Å². The number of nitrogens with one attached hydrogen (secondary N) is 1. The molecule has 0 aliphatic rings. The number of halogens is 1. The van der Waals surface area contributed by atoms with E-state index in [2.05, 4.69) is 21.2 Å². The Balaban J connectivity index is 1.72. The van der Waals surface area contributed by atoms with Crippen molar-refractivity contribution in [3.8, 4) is 5.75 Å². The summed E-state index contributed by atoms with van der Waals surface area (Å²) in [4.78, 5) is 23.8. The fraction of sp³-hybridized carbons (Fsp3) is 0.300. The molecule has 0 radical (unpaired) electrons. The number of esters is 1. The van der Waals surface area contributed by atoms with Crippen molar-refractivity contribution in [2.24, 2.45) is 0 Å². The molecule has 5 nitrogen and oxygen atoms in total. The van der Waals surface area contributed by atoms with Crippen LogP contribution in [-0.4, -0.2) is 25.6 Å². The molecule has 0 saturated carbocycles. The molecule has 26 heavy (non-hydrogen) atoms. The standard InChI is InChI=1S/C20H22BrNO4/c1-14(17-5-3-4-6-18(17)21)22-19(23)13-26-20(24)12-9-15-7-10-16(25-2)11-8-15/h3-8,10-11,14H,9,12-13H2,1-2H3,(H,22,23)/t14-/m1/s1. The summed E-state index contributed by atoms with van der Waals surface area (Å²) in [5, 5.41) is 2.82. The van der Waals surface area contributed by atoms with Crippen LogP contribution in [-0.2, 0) is 20.7 Å². The molecule has 0 saturated heterocycles. The highest BCUT2D eigenvalue weighted by Gasteiger charge is 2.13. The highest BCUT2D eigenvalue weighted by Crippen LogP contribution is 2.22. The smallest absolute Gasteiger partial charge is 0.306 e. The summed E-state index contributed by atoms with van der Waals surface area (Å²) in [6.07, 6.45) is 0.775. The third kappa shape index (κ3) is 6.19. The van der Waals surface area contributed by atoms with E-state index in [0.29, 0.717) is 6.42 Å². The Labute approximate surface area is 161 Å². The summed E-state index contributed by atoms with van der Waals surface area (Å²) in [6.45, 7) is 1.60. The van der Waals surface area contributed by atoms with Gasteiger partial charge in [0.2, 0.25) is 0 Å². The number of methoxy groups -OCH3 is 1. The van der Waals surface area contributed by atoms with Crippen LogP contribution >= 0.6 is 15.9 Å². The van der Waals surface area contributed by atoms with Crippen molar-refractivity contribution >= 4 is 27.8 Å². The molecule has 0 spiro atoms. The zero-order valence-corrected chi connectivity index (χ0v) is 16.4. The molecule has 2 aromatic rings. The van der Waals surface area contributed by atoms with Crippen LogP contribution in [0.4, 0.5) is 0 Å². The number of carbonyl (C=O) groups is 2. The lowest BCUT2D eigenvalue weighted by Crippen LogP contribution is -2.31. The van der Waals surface area contributed by atoms with Crippen molar-refractivity contribution < 1.29 is 19.1 Å². The third-order valence-corrected chi connectivity index (χ3v) is 4.61. The highest BCUT2D eigenvalue weighted by atomic mass is 79.9. The third-order valence-electron chi connectivity index (χ3n) is 3.89. The summed E-state index contributed by atoms with van der Waals surface area (Å²) >= 11 is 3.46. The minimum atomic E-state index is -0.399. The predicted octanol–water partition coefficient (Wildman–Crippen LogP) is 3.81. The summed E-state index contributed by atoms with van der Waals surface area (Å²) in [5.41, 5.74) is 1.97. The van der Waals surface area contributed by atoms with Gasteiger partial charge in [-0.05, 0) is 42.7 Å². The van der Waals surface area contributed by atoms with E-state index < -0.39 is 5.97 Å². The van der Waals surface area contributed by atoms with Gasteiger partial charge in [-0.1, -0.05) is 46.3 Å². The Morgan fingerprint density at radius 1 is 1.12 bits per heavy atom. The molecule has 0 unspecified atom stereocenters. The Morgan fingerprint density at radius 3 is 2.46 bits per heavy atom. The first-order valence-corrected chi connectivity index (χ1v) is 9.11. The maximum absolute atomic E-state index is 12.0. The maximum Gasteiger partial charge on any atom is 0.306 e. The first-order chi connectivity index (χ1) is 12.5. The molecule has 0 bridgehead atoms. The van der Waals surface area contributed by atoms with Crippen LogP contribution in [0.2, 0.25) is 0 Å². The van der Waals surface area contributed by atoms with E-state index in [-0.39, 0.29) is 25.0 Å². The first-order valence-electron chi connectivity index (χ1n) is 8.32. The number of amides is 1. The SMILES string of the molecule is COc1ccc(CCC(=O)OCC(=O)N[C@H](C)c2ccccc2Br)cc1. The summed E-state index contributed by atoms with van der Waals surface area (Å²) in [5.74, 6) is 0.0442. The van der Waals surface area contributed by atoms with E-state index in [1.54, 1.807) is 7.11 Å². The second kappa shape index (κ2) is 9.97. The molecule has 6 heteroatoms. The number of benzene rings is 2. The molecule has 0 fully saturated rings. The Bertz CT molecular complexity index is 746. The number of hydrogen-bond acceptors (Lipinski definition) is 4. The summed E-state index contributed by atoms with van der Waals surface area (Å²) in [7, 11) is 1.61. The monoisotopic (exact) mass is 419 g/mol. The molecule has 2 aromatic carbocycles. The lowest BCUT2D eigenvalue weighted by atomic mass is 10.1. The van der Waals surface area contributed by atoms with Crippen molar-refractivity contribution in [3.63, 3.8) is 0 Å². The van der Waals surface area contributed by atoms with Gasteiger partial charge in [0.25, 0.3) is 5.91 Å². The van der Waals surface area contributed by atoms with Crippen LogP contribution in [0, 0.1) is 0 Å². The summed E-state index contributed by atoms with van der Waals surface area (Å²) < 4.78 is 11.1. The molecule has 0 heterocycles. The van der Waals surface area contributed by atoms with Crippen LogP contribution in [0.15, 0.2) is 53.0 Å². The molecular formula is C20H22BrNO4. The lowest BCUT2D eigenvalue weighted by Gasteiger charge is -2.15. The molecule has 2 rings (SSSR count). The molecule has 1 N–H and O–H groups in total. The molecular weight excluding hydrogens is 398 g/mol. The van der Waals surface area contributed by atoms with Gasteiger partial charge in [0.05, 0.1) is 13.2 Å². The van der Waals surface area contributed by atoms with E-state index in [4.69, 9.17) is 9.47 Å². The van der Waals surface area contributed by atoms with Gasteiger partial charge in [0.1, 0.15) is 5.75 Å². The fourth-order valence-corrected chi connectivity index (χ4v) is 3.07. The zero-order chi connectivity index (χ0) is 18.9. The second-order valence-corrected chi connectivity index (χ2v) is 6.67. The number of carbonyl (C=O) groups excluding carboxylic acids is 2. The van der Waals surface area contributed by atoms with Crippen molar-refractivity contribution in [1.82, 2.24) is 5.32 Å². The van der Waals surface area contributed by atoms with Gasteiger partial charge in [0.15, 0.2) is 6.61 Å². The first kappa shape index (κ1) is 20.0. The van der Waals surface area contributed by atoms with Crippen LogP contribution in [0.1, 0.15) is 30.5 Å². The minimum absolute atomic E-state index is 0.184. The lowest BCUT2D eigenvalue weighted by molar-refractivity contribution is -0.148. The maximum atomic E-state index is 12.0. The van der Waals surface area contributed by atoms with E-state index >= 15 is 0 Å². The number of aryl methyl sites for hydroxylation is 1. The molecule has 0 aliphatic heterocycles. The highest BCUT2D eigenvalue weighted by molar-refractivity contribution is 9.10. The van der Waals surface area contributed by atoms with Crippen LogP contribution in [0.5, 0.6) is 5.75 Å². The summed E-state index contributed by atoms with van der Waals surface area (Å²) in [6, 6.07) is 15.0. The Hall–Kier alpha value is -2.34. The van der Waals surface area contributed by atoms with Gasteiger partial charge >= 0.3 is 5.97 Å². The van der Waals surface area contributed by atoms with Crippen LogP contribution in [0.3, 0.4) is 0 Å². The molecule has 0 aliphatic carbocycles.